The number of nitrogens with zero attached hydrogens (tertiary/aromatic N) is 4. The lowest BCUT2D eigenvalue weighted by molar-refractivity contribution is -0.131. The Balaban J connectivity index is 1.60. The summed E-state index contributed by atoms with van der Waals surface area (Å²) in [6.45, 7) is 5.48. The van der Waals surface area contributed by atoms with E-state index in [9.17, 15) is 4.79 Å². The van der Waals surface area contributed by atoms with Gasteiger partial charge in [0.25, 0.3) is 0 Å². The second-order valence-corrected chi connectivity index (χ2v) is 7.51. The number of hydrogen-bond donors (Lipinski definition) is 0. The first-order valence-corrected chi connectivity index (χ1v) is 9.11. The zero-order valence-corrected chi connectivity index (χ0v) is 15.1. The van der Waals surface area contributed by atoms with Crippen molar-refractivity contribution in [3.05, 3.63) is 53.9 Å². The van der Waals surface area contributed by atoms with Crippen molar-refractivity contribution < 1.29 is 4.79 Å². The van der Waals surface area contributed by atoms with Gasteiger partial charge in [-0.3, -0.25) is 14.4 Å². The number of piperidine rings is 1. The summed E-state index contributed by atoms with van der Waals surface area (Å²) in [6, 6.07) is 11.1. The minimum atomic E-state index is 0.109. The Labute approximate surface area is 149 Å². The molecule has 0 spiro atoms. The number of aromatic nitrogens is 2. The molecule has 3 heterocycles. The lowest BCUT2D eigenvalue weighted by Gasteiger charge is -2.46. The third-order valence-corrected chi connectivity index (χ3v) is 6.04. The van der Waals surface area contributed by atoms with Crippen LogP contribution in [0.2, 0.25) is 0 Å². The van der Waals surface area contributed by atoms with E-state index in [4.69, 9.17) is 0 Å². The highest BCUT2D eigenvalue weighted by Crippen LogP contribution is 2.45. The summed E-state index contributed by atoms with van der Waals surface area (Å²) in [5, 5.41) is 4.28. The number of aryl methyl sites for hydroxylation is 1. The minimum absolute atomic E-state index is 0.109. The summed E-state index contributed by atoms with van der Waals surface area (Å²) in [6.07, 6.45) is 6.20. The highest BCUT2D eigenvalue weighted by Gasteiger charge is 2.51. The van der Waals surface area contributed by atoms with Gasteiger partial charge in [-0.05, 0) is 24.9 Å². The van der Waals surface area contributed by atoms with Crippen LogP contribution in [0.1, 0.15) is 30.9 Å². The van der Waals surface area contributed by atoms with E-state index in [-0.39, 0.29) is 17.4 Å². The van der Waals surface area contributed by atoms with Crippen molar-refractivity contribution >= 4 is 5.91 Å². The van der Waals surface area contributed by atoms with Gasteiger partial charge in [-0.2, -0.15) is 5.10 Å². The number of carbonyl (C=O) groups excluding carboxylic acids is 1. The fourth-order valence-corrected chi connectivity index (χ4v) is 4.78. The first-order valence-electron chi connectivity index (χ1n) is 9.11. The topological polar surface area (TPSA) is 41.4 Å². The van der Waals surface area contributed by atoms with E-state index in [1.54, 1.807) is 6.92 Å². The predicted octanol–water partition coefficient (Wildman–Crippen LogP) is 2.18. The van der Waals surface area contributed by atoms with Crippen LogP contribution in [0.5, 0.6) is 0 Å². The summed E-state index contributed by atoms with van der Waals surface area (Å²) < 4.78 is 1.85. The molecule has 1 aromatic carbocycles. The van der Waals surface area contributed by atoms with Crippen LogP contribution in [0.15, 0.2) is 42.7 Å². The average molecular weight is 338 g/mol. The lowest BCUT2D eigenvalue weighted by atomic mass is 9.69. The Morgan fingerprint density at radius 2 is 2.00 bits per heavy atom. The monoisotopic (exact) mass is 338 g/mol. The fraction of sp³-hybridized carbons (Fsp3) is 0.500. The zero-order valence-electron chi connectivity index (χ0n) is 15.1. The molecular weight excluding hydrogens is 312 g/mol. The molecule has 0 bridgehead atoms. The largest absolute Gasteiger partial charge is 0.338 e. The van der Waals surface area contributed by atoms with Crippen molar-refractivity contribution in [1.29, 1.82) is 0 Å². The van der Waals surface area contributed by atoms with E-state index in [1.807, 2.05) is 17.9 Å². The van der Waals surface area contributed by atoms with Crippen molar-refractivity contribution in [1.82, 2.24) is 19.6 Å². The smallest absolute Gasteiger partial charge is 0.219 e. The molecule has 2 aromatic rings. The Hall–Kier alpha value is -2.14. The number of benzene rings is 1. The second kappa shape index (κ2) is 6.30. The van der Waals surface area contributed by atoms with E-state index >= 15 is 0 Å². The maximum absolute atomic E-state index is 12.2. The molecule has 2 fully saturated rings. The van der Waals surface area contributed by atoms with E-state index in [2.05, 4.69) is 51.4 Å². The van der Waals surface area contributed by atoms with Crippen molar-refractivity contribution in [3.63, 3.8) is 0 Å². The molecule has 0 N–H and O–H groups in total. The second-order valence-electron chi connectivity index (χ2n) is 7.51. The summed E-state index contributed by atoms with van der Waals surface area (Å²) in [5.41, 5.74) is 2.74. The summed E-state index contributed by atoms with van der Waals surface area (Å²) in [4.78, 5) is 16.8. The van der Waals surface area contributed by atoms with Crippen LogP contribution in [0.3, 0.4) is 0 Å². The number of amides is 1. The molecule has 2 atom stereocenters. The van der Waals surface area contributed by atoms with E-state index < -0.39 is 0 Å². The average Bonchev–Trinajstić information content (AvgIpc) is 3.20. The van der Waals surface area contributed by atoms with Gasteiger partial charge >= 0.3 is 0 Å². The Morgan fingerprint density at radius 1 is 1.24 bits per heavy atom. The SMILES string of the molecule is CC(=O)N1CCC2(c3ccccc3)CCN(Cc3cnn(C)c3)CC12. The normalized spacial score (nSPS) is 26.6. The molecule has 5 nitrogen and oxygen atoms in total. The highest BCUT2D eigenvalue weighted by molar-refractivity contribution is 5.74. The molecule has 1 aromatic heterocycles. The summed E-state index contributed by atoms with van der Waals surface area (Å²) in [5.74, 6) is 0.200. The number of carbonyl (C=O) groups is 1. The van der Waals surface area contributed by atoms with Crippen molar-refractivity contribution in [2.75, 3.05) is 19.6 Å². The van der Waals surface area contributed by atoms with Gasteiger partial charge < -0.3 is 4.90 Å². The van der Waals surface area contributed by atoms with E-state index in [0.29, 0.717) is 0 Å². The van der Waals surface area contributed by atoms with Crippen molar-refractivity contribution in [2.45, 2.75) is 37.8 Å². The third kappa shape index (κ3) is 2.86. The van der Waals surface area contributed by atoms with Crippen LogP contribution in [-0.4, -0.2) is 51.2 Å². The van der Waals surface area contributed by atoms with Gasteiger partial charge in [0, 0.05) is 50.8 Å². The van der Waals surface area contributed by atoms with Crippen LogP contribution in [0, 0.1) is 0 Å². The summed E-state index contributed by atoms with van der Waals surface area (Å²) >= 11 is 0. The van der Waals surface area contributed by atoms with Crippen LogP contribution in [-0.2, 0) is 23.8 Å². The highest BCUT2D eigenvalue weighted by atomic mass is 16.2. The molecule has 1 amide bonds. The Bertz CT molecular complexity index is 756. The standard InChI is InChI=1S/C20H26N4O/c1-16(25)24-11-9-20(18-6-4-3-5-7-18)8-10-23(15-19(20)24)14-17-12-21-22(2)13-17/h3-7,12-13,19H,8-11,14-15H2,1-2H3. The molecule has 2 aliphatic rings. The molecule has 4 rings (SSSR count). The quantitative estimate of drug-likeness (QED) is 0.861. The number of rotatable bonds is 3. The molecule has 25 heavy (non-hydrogen) atoms. The first kappa shape index (κ1) is 16.3. The Kier molecular flexibility index (Phi) is 4.12. The molecule has 2 unspecified atom stereocenters. The third-order valence-electron chi connectivity index (χ3n) is 6.04. The number of likely N-dealkylation sites (tertiary alicyclic amines) is 2. The molecule has 2 aliphatic heterocycles. The van der Waals surface area contributed by atoms with Gasteiger partial charge in [0.05, 0.1) is 12.2 Å². The molecular formula is C20H26N4O. The zero-order chi connectivity index (χ0) is 17.4. The van der Waals surface area contributed by atoms with Crippen LogP contribution >= 0.6 is 0 Å². The molecule has 132 valence electrons. The van der Waals surface area contributed by atoms with Gasteiger partial charge in [0.1, 0.15) is 0 Å². The lowest BCUT2D eigenvalue weighted by Crippen LogP contribution is -2.56. The van der Waals surface area contributed by atoms with Crippen LogP contribution < -0.4 is 0 Å². The van der Waals surface area contributed by atoms with E-state index in [1.165, 1.54) is 11.1 Å². The molecule has 0 aliphatic carbocycles. The van der Waals surface area contributed by atoms with Crippen LogP contribution in [0.25, 0.3) is 0 Å². The minimum Gasteiger partial charge on any atom is -0.338 e. The number of hydrogen-bond acceptors (Lipinski definition) is 3. The van der Waals surface area contributed by atoms with Gasteiger partial charge in [-0.25, -0.2) is 0 Å². The van der Waals surface area contributed by atoms with Gasteiger partial charge in [0.2, 0.25) is 5.91 Å². The maximum Gasteiger partial charge on any atom is 0.219 e. The van der Waals surface area contributed by atoms with Crippen molar-refractivity contribution in [2.24, 2.45) is 7.05 Å². The predicted molar refractivity (Wildman–Crippen MR) is 97.0 cm³/mol. The molecule has 0 radical (unpaired) electrons. The van der Waals surface area contributed by atoms with Crippen LogP contribution in [0.4, 0.5) is 0 Å². The van der Waals surface area contributed by atoms with Gasteiger partial charge in [-0.1, -0.05) is 30.3 Å². The molecule has 0 saturated carbocycles. The maximum atomic E-state index is 12.2. The number of fused-ring (bicyclic) bond motifs is 1. The van der Waals surface area contributed by atoms with Gasteiger partial charge in [0.15, 0.2) is 0 Å². The summed E-state index contributed by atoms with van der Waals surface area (Å²) in [7, 11) is 1.95. The molecule has 5 heteroatoms. The molecule has 2 saturated heterocycles. The Morgan fingerprint density at radius 3 is 2.68 bits per heavy atom. The fourth-order valence-electron chi connectivity index (χ4n) is 4.78. The van der Waals surface area contributed by atoms with E-state index in [0.717, 1.165) is 39.0 Å². The first-order chi connectivity index (χ1) is 12.1. The van der Waals surface area contributed by atoms with Crippen molar-refractivity contribution in [3.8, 4) is 0 Å². The van der Waals surface area contributed by atoms with Gasteiger partial charge in [-0.15, -0.1) is 0 Å².